The van der Waals surface area contributed by atoms with Crippen molar-refractivity contribution in [2.24, 2.45) is 0 Å². The van der Waals surface area contributed by atoms with Crippen molar-refractivity contribution in [2.45, 2.75) is 19.4 Å². The third-order valence-electron chi connectivity index (χ3n) is 2.66. The zero-order valence-corrected chi connectivity index (χ0v) is 11.1. The minimum Gasteiger partial charge on any atom is -0.313 e. The second kappa shape index (κ2) is 5.60. The molecule has 0 aliphatic rings. The number of rotatable bonds is 5. The van der Waals surface area contributed by atoms with Gasteiger partial charge in [-0.3, -0.25) is 0 Å². The van der Waals surface area contributed by atoms with Crippen molar-refractivity contribution in [1.82, 2.24) is 5.32 Å². The van der Waals surface area contributed by atoms with Crippen molar-refractivity contribution in [3.63, 3.8) is 0 Å². The first-order chi connectivity index (χ1) is 7.83. The molecule has 3 nitrogen and oxygen atoms in total. The maximum absolute atomic E-state index is 13.7. The summed E-state index contributed by atoms with van der Waals surface area (Å²) >= 11 is 0. The van der Waals surface area contributed by atoms with E-state index < -0.39 is 9.84 Å². The maximum Gasteiger partial charge on any atom is 0.147 e. The Balaban J connectivity index is 2.86. The van der Waals surface area contributed by atoms with Crippen LogP contribution in [0, 0.1) is 12.7 Å². The van der Waals surface area contributed by atoms with Crippen LogP contribution in [-0.2, 0) is 9.84 Å². The first-order valence-corrected chi connectivity index (χ1v) is 7.50. The Morgan fingerprint density at radius 2 is 2.06 bits per heavy atom. The van der Waals surface area contributed by atoms with E-state index in [-0.39, 0.29) is 17.6 Å². The van der Waals surface area contributed by atoms with Crippen molar-refractivity contribution < 1.29 is 12.8 Å². The normalized spacial score (nSPS) is 13.6. The topological polar surface area (TPSA) is 46.2 Å². The van der Waals surface area contributed by atoms with Gasteiger partial charge in [-0.15, -0.1) is 0 Å². The Bertz CT molecular complexity index is 485. The molecule has 1 aromatic rings. The highest BCUT2D eigenvalue weighted by molar-refractivity contribution is 7.90. The summed E-state index contributed by atoms with van der Waals surface area (Å²) in [6, 6.07) is 4.71. The smallest absolute Gasteiger partial charge is 0.147 e. The summed E-state index contributed by atoms with van der Waals surface area (Å²) in [5, 5.41) is 2.95. The molecule has 0 fully saturated rings. The largest absolute Gasteiger partial charge is 0.313 e. The molecule has 1 rings (SSSR count). The van der Waals surface area contributed by atoms with E-state index in [2.05, 4.69) is 5.32 Å². The van der Waals surface area contributed by atoms with Crippen molar-refractivity contribution in [2.75, 3.05) is 19.1 Å². The van der Waals surface area contributed by atoms with E-state index >= 15 is 0 Å². The minimum absolute atomic E-state index is 0.0474. The molecule has 0 amide bonds. The lowest BCUT2D eigenvalue weighted by atomic mass is 10.0. The zero-order chi connectivity index (χ0) is 13.1. The fraction of sp³-hybridized carbons (Fsp3) is 0.500. The molecule has 1 unspecified atom stereocenters. The molecule has 0 saturated carbocycles. The van der Waals surface area contributed by atoms with Gasteiger partial charge in [-0.1, -0.05) is 12.1 Å². The summed E-state index contributed by atoms with van der Waals surface area (Å²) in [5.41, 5.74) is 1.37. The quantitative estimate of drug-likeness (QED) is 0.877. The standard InChI is InChI=1S/C12H18FNO2S/c1-9-4-5-10(11(13)8-9)12(14-2)6-7-17(3,15)16/h4-5,8,12,14H,6-7H2,1-3H3. The Morgan fingerprint density at radius 3 is 2.53 bits per heavy atom. The SMILES string of the molecule is CNC(CCS(C)(=O)=O)c1ccc(C)cc1F. The van der Waals surface area contributed by atoms with E-state index in [4.69, 9.17) is 0 Å². The minimum atomic E-state index is -3.02. The molecule has 0 aliphatic heterocycles. The molecule has 0 spiro atoms. The predicted molar refractivity (Wildman–Crippen MR) is 67.3 cm³/mol. The van der Waals surface area contributed by atoms with Crippen LogP contribution in [0.15, 0.2) is 18.2 Å². The Hall–Kier alpha value is -0.940. The van der Waals surface area contributed by atoms with Crippen LogP contribution >= 0.6 is 0 Å². The highest BCUT2D eigenvalue weighted by atomic mass is 32.2. The second-order valence-corrected chi connectivity index (χ2v) is 6.54. The van der Waals surface area contributed by atoms with E-state index in [9.17, 15) is 12.8 Å². The molecule has 96 valence electrons. The summed E-state index contributed by atoms with van der Waals surface area (Å²) in [6.07, 6.45) is 1.56. The lowest BCUT2D eigenvalue weighted by molar-refractivity contribution is 0.520. The van der Waals surface area contributed by atoms with Gasteiger partial charge in [-0.05, 0) is 32.0 Å². The van der Waals surface area contributed by atoms with Gasteiger partial charge in [0.1, 0.15) is 15.7 Å². The lowest BCUT2D eigenvalue weighted by Crippen LogP contribution is -2.21. The maximum atomic E-state index is 13.7. The number of hydrogen-bond donors (Lipinski definition) is 1. The van der Waals surface area contributed by atoms with E-state index in [1.54, 1.807) is 13.1 Å². The van der Waals surface area contributed by atoms with Gasteiger partial charge in [-0.25, -0.2) is 12.8 Å². The molecule has 0 saturated heterocycles. The molecule has 1 N–H and O–H groups in total. The first-order valence-electron chi connectivity index (χ1n) is 5.44. The molecule has 1 atom stereocenters. The Morgan fingerprint density at radius 1 is 1.41 bits per heavy atom. The summed E-state index contributed by atoms with van der Waals surface area (Å²) in [6.45, 7) is 1.82. The number of halogens is 1. The van der Waals surface area contributed by atoms with E-state index in [0.29, 0.717) is 12.0 Å². The van der Waals surface area contributed by atoms with Crippen molar-refractivity contribution in [3.05, 3.63) is 35.1 Å². The average Bonchev–Trinajstić information content (AvgIpc) is 2.19. The van der Waals surface area contributed by atoms with Crippen LogP contribution < -0.4 is 5.32 Å². The Kier molecular flexibility index (Phi) is 4.65. The second-order valence-electron chi connectivity index (χ2n) is 4.28. The third kappa shape index (κ3) is 4.44. The molecule has 0 aliphatic carbocycles. The molecule has 0 heterocycles. The third-order valence-corrected chi connectivity index (χ3v) is 3.63. The van der Waals surface area contributed by atoms with Gasteiger partial charge >= 0.3 is 0 Å². The number of hydrogen-bond acceptors (Lipinski definition) is 3. The van der Waals surface area contributed by atoms with Crippen LogP contribution in [0.25, 0.3) is 0 Å². The van der Waals surface area contributed by atoms with Crippen LogP contribution in [0.4, 0.5) is 4.39 Å². The van der Waals surface area contributed by atoms with Crippen LogP contribution in [0.2, 0.25) is 0 Å². The van der Waals surface area contributed by atoms with E-state index in [1.165, 1.54) is 12.3 Å². The van der Waals surface area contributed by atoms with Crippen LogP contribution in [-0.4, -0.2) is 27.5 Å². The van der Waals surface area contributed by atoms with Gasteiger partial charge < -0.3 is 5.32 Å². The van der Waals surface area contributed by atoms with Gasteiger partial charge in [0.25, 0.3) is 0 Å². The predicted octanol–water partition coefficient (Wildman–Crippen LogP) is 1.83. The summed E-state index contributed by atoms with van der Waals surface area (Å²) in [4.78, 5) is 0. The molecular weight excluding hydrogens is 241 g/mol. The van der Waals surface area contributed by atoms with Crippen LogP contribution in [0.3, 0.4) is 0 Å². The molecule has 0 aromatic heterocycles. The fourth-order valence-corrected chi connectivity index (χ4v) is 2.37. The van der Waals surface area contributed by atoms with Gasteiger partial charge in [0.2, 0.25) is 0 Å². The molecule has 0 radical (unpaired) electrons. The number of aryl methyl sites for hydroxylation is 1. The molecule has 5 heteroatoms. The summed E-state index contributed by atoms with van der Waals surface area (Å²) < 4.78 is 35.9. The molecular formula is C12H18FNO2S. The van der Waals surface area contributed by atoms with E-state index in [1.807, 2.05) is 13.0 Å². The lowest BCUT2D eigenvalue weighted by Gasteiger charge is -2.17. The zero-order valence-electron chi connectivity index (χ0n) is 10.3. The van der Waals surface area contributed by atoms with Crippen LogP contribution in [0.1, 0.15) is 23.6 Å². The van der Waals surface area contributed by atoms with Gasteiger partial charge in [0, 0.05) is 17.9 Å². The monoisotopic (exact) mass is 259 g/mol. The highest BCUT2D eigenvalue weighted by Gasteiger charge is 2.16. The fourth-order valence-electron chi connectivity index (χ4n) is 1.70. The average molecular weight is 259 g/mol. The first kappa shape index (κ1) is 14.1. The number of sulfone groups is 1. The van der Waals surface area contributed by atoms with Crippen LogP contribution in [0.5, 0.6) is 0 Å². The molecule has 1 aromatic carbocycles. The molecule has 0 bridgehead atoms. The Labute approximate surface area is 102 Å². The molecule has 17 heavy (non-hydrogen) atoms. The summed E-state index contributed by atoms with van der Waals surface area (Å²) in [7, 11) is -1.32. The van der Waals surface area contributed by atoms with Crippen molar-refractivity contribution >= 4 is 9.84 Å². The number of nitrogens with one attached hydrogen (secondary N) is 1. The number of benzene rings is 1. The van der Waals surface area contributed by atoms with Crippen molar-refractivity contribution in [3.8, 4) is 0 Å². The summed E-state index contributed by atoms with van der Waals surface area (Å²) in [5.74, 6) is -0.246. The van der Waals surface area contributed by atoms with E-state index in [0.717, 1.165) is 5.56 Å². The van der Waals surface area contributed by atoms with Crippen molar-refractivity contribution in [1.29, 1.82) is 0 Å². The van der Waals surface area contributed by atoms with Gasteiger partial charge in [0.15, 0.2) is 0 Å². The highest BCUT2D eigenvalue weighted by Crippen LogP contribution is 2.21. The van der Waals surface area contributed by atoms with Gasteiger partial charge in [-0.2, -0.15) is 0 Å². The van der Waals surface area contributed by atoms with Gasteiger partial charge in [0.05, 0.1) is 5.75 Å².